The lowest BCUT2D eigenvalue weighted by atomic mass is 10.2. The van der Waals surface area contributed by atoms with Crippen LogP contribution in [0.1, 0.15) is 17.6 Å². The lowest BCUT2D eigenvalue weighted by Crippen LogP contribution is -2.07. The van der Waals surface area contributed by atoms with Crippen LogP contribution in [0.5, 0.6) is 0 Å². The van der Waals surface area contributed by atoms with Gasteiger partial charge in [0.2, 0.25) is 5.95 Å². The number of nitrogens with zero attached hydrogens (tertiary/aromatic N) is 3. The highest BCUT2D eigenvalue weighted by Crippen LogP contribution is 2.29. The normalized spacial score (nSPS) is 11.5. The van der Waals surface area contributed by atoms with Gasteiger partial charge in [0, 0.05) is 34.9 Å². The number of hydrogen-bond acceptors (Lipinski definition) is 6. The van der Waals surface area contributed by atoms with Crippen molar-refractivity contribution in [3.8, 4) is 0 Å². The predicted molar refractivity (Wildman–Crippen MR) is 88.5 cm³/mol. The zero-order valence-electron chi connectivity index (χ0n) is 12.7. The maximum atomic E-state index is 12.8. The van der Waals surface area contributed by atoms with Gasteiger partial charge in [0.25, 0.3) is 6.43 Å². The fourth-order valence-electron chi connectivity index (χ4n) is 1.74. The number of aromatic nitrogens is 2. The average Bonchev–Trinajstić information content (AvgIpc) is 2.57. The van der Waals surface area contributed by atoms with Crippen LogP contribution in [0.15, 0.2) is 47.6 Å². The molecule has 0 saturated carbocycles. The molecule has 1 aromatic carbocycles. The second kappa shape index (κ2) is 8.30. The molecule has 6 nitrogen and oxygen atoms in total. The number of alkyl halides is 2. The number of halogens is 3. The first kappa shape index (κ1) is 17.7. The molecule has 9 heteroatoms. The largest absolute Gasteiger partial charge is 0.360 e. The molecule has 0 aliphatic heterocycles. The number of benzene rings is 1. The Kier molecular flexibility index (Phi) is 6.14. The Bertz CT molecular complexity index is 733. The van der Waals surface area contributed by atoms with Crippen LogP contribution < -0.4 is 10.6 Å². The van der Waals surface area contributed by atoms with E-state index in [-0.39, 0.29) is 17.1 Å². The van der Waals surface area contributed by atoms with E-state index in [2.05, 4.69) is 25.7 Å². The molecule has 0 aliphatic carbocycles. The maximum absolute atomic E-state index is 12.8. The van der Waals surface area contributed by atoms with Crippen LogP contribution in [0, 0.1) is 12.5 Å². The molecule has 1 aromatic heterocycles. The summed E-state index contributed by atoms with van der Waals surface area (Å²) >= 11 is 5.71. The molecule has 0 radical (unpaired) electrons. The van der Waals surface area contributed by atoms with E-state index in [1.54, 1.807) is 18.5 Å². The summed E-state index contributed by atoms with van der Waals surface area (Å²) in [5, 5.41) is 9.10. The van der Waals surface area contributed by atoms with Crippen molar-refractivity contribution in [3.05, 3.63) is 58.6 Å². The van der Waals surface area contributed by atoms with Gasteiger partial charge in [-0.15, -0.1) is 0 Å². The van der Waals surface area contributed by atoms with Gasteiger partial charge in [0.05, 0.1) is 12.2 Å². The van der Waals surface area contributed by atoms with Crippen LogP contribution in [0.25, 0.3) is 0 Å². The van der Waals surface area contributed by atoms with Crippen molar-refractivity contribution in [1.29, 1.82) is 5.53 Å². The van der Waals surface area contributed by atoms with Crippen LogP contribution in [0.2, 0.25) is 5.02 Å². The van der Waals surface area contributed by atoms with Gasteiger partial charge in [0.1, 0.15) is 0 Å². The standard InChI is InChI=1S/C15H15ClF2N6/c1-9-5-21-15(22-6-9)23-8-11(24-19)7-20-10-2-3-13(16)12(4-10)14(17)18/h2-7,14,19-20H,8H2,1H3,(H,21,22,23)/b11-7-,24-19?. The summed E-state index contributed by atoms with van der Waals surface area (Å²) in [5.41, 5.74) is 8.60. The molecule has 3 N–H and O–H groups in total. The molecule has 0 spiro atoms. The minimum absolute atomic E-state index is 0.00289. The number of hydrogen-bond donors (Lipinski definition) is 3. The van der Waals surface area contributed by atoms with Crippen LogP contribution in [0.4, 0.5) is 20.4 Å². The first-order chi connectivity index (χ1) is 11.5. The highest BCUT2D eigenvalue weighted by molar-refractivity contribution is 6.31. The predicted octanol–water partition coefficient (Wildman–Crippen LogP) is 4.77. The Balaban J connectivity index is 2.01. The summed E-state index contributed by atoms with van der Waals surface area (Å²) in [6, 6.07) is 4.19. The lowest BCUT2D eigenvalue weighted by Gasteiger charge is -2.08. The van der Waals surface area contributed by atoms with Gasteiger partial charge >= 0.3 is 0 Å². The smallest absolute Gasteiger partial charge is 0.265 e. The molecular weight excluding hydrogens is 338 g/mol. The zero-order valence-corrected chi connectivity index (χ0v) is 13.5. The van der Waals surface area contributed by atoms with E-state index in [1.165, 1.54) is 18.3 Å². The highest BCUT2D eigenvalue weighted by atomic mass is 35.5. The third kappa shape index (κ3) is 4.95. The van der Waals surface area contributed by atoms with Gasteiger partial charge < -0.3 is 10.6 Å². The SMILES string of the molecule is Cc1cnc(NC/C(=C/Nc2ccc(Cl)c(C(F)F)c2)N=N)nc1. The number of rotatable bonds is 7. The third-order valence-corrected chi connectivity index (χ3v) is 3.33. The van der Waals surface area contributed by atoms with Crippen LogP contribution in [-0.2, 0) is 0 Å². The summed E-state index contributed by atoms with van der Waals surface area (Å²) < 4.78 is 25.6. The Morgan fingerprint density at radius 3 is 2.71 bits per heavy atom. The van der Waals surface area contributed by atoms with E-state index >= 15 is 0 Å². The molecule has 0 unspecified atom stereocenters. The number of aryl methyl sites for hydroxylation is 1. The van der Waals surface area contributed by atoms with Gasteiger partial charge in [0.15, 0.2) is 0 Å². The zero-order chi connectivity index (χ0) is 17.5. The highest BCUT2D eigenvalue weighted by Gasteiger charge is 2.12. The lowest BCUT2D eigenvalue weighted by molar-refractivity contribution is 0.151. The fourth-order valence-corrected chi connectivity index (χ4v) is 1.94. The Hall–Kier alpha value is -2.61. The second-order valence-electron chi connectivity index (χ2n) is 4.87. The average molecular weight is 353 g/mol. The van der Waals surface area contributed by atoms with Crippen molar-refractivity contribution in [1.82, 2.24) is 9.97 Å². The molecule has 2 rings (SSSR count). The minimum atomic E-state index is -2.66. The van der Waals surface area contributed by atoms with Crippen LogP contribution in [-0.4, -0.2) is 16.5 Å². The molecule has 0 bridgehead atoms. The van der Waals surface area contributed by atoms with Crippen molar-refractivity contribution in [3.63, 3.8) is 0 Å². The topological polar surface area (TPSA) is 86.0 Å². The minimum Gasteiger partial charge on any atom is -0.360 e. The molecule has 126 valence electrons. The molecule has 0 aliphatic rings. The van der Waals surface area contributed by atoms with Crippen LogP contribution >= 0.6 is 11.6 Å². The van der Waals surface area contributed by atoms with E-state index in [0.717, 1.165) is 5.56 Å². The summed E-state index contributed by atoms with van der Waals surface area (Å²) in [4.78, 5) is 8.15. The molecule has 0 atom stereocenters. The van der Waals surface area contributed by atoms with Gasteiger partial charge in [-0.05, 0) is 30.7 Å². The number of nitrogens with one attached hydrogen (secondary N) is 3. The summed E-state index contributed by atoms with van der Waals surface area (Å²) in [7, 11) is 0. The van der Waals surface area contributed by atoms with Crippen molar-refractivity contribution < 1.29 is 8.78 Å². The Morgan fingerprint density at radius 2 is 2.08 bits per heavy atom. The fraction of sp³-hybridized carbons (Fsp3) is 0.200. The summed E-state index contributed by atoms with van der Waals surface area (Å²) in [6.07, 6.45) is 2.10. The van der Waals surface area contributed by atoms with Crippen molar-refractivity contribution in [2.75, 3.05) is 17.2 Å². The molecule has 0 amide bonds. The molecule has 2 aromatic rings. The van der Waals surface area contributed by atoms with E-state index in [4.69, 9.17) is 17.1 Å². The first-order valence-corrected chi connectivity index (χ1v) is 7.30. The van der Waals surface area contributed by atoms with Gasteiger partial charge in [-0.25, -0.2) is 24.3 Å². The van der Waals surface area contributed by atoms with Gasteiger partial charge in [-0.1, -0.05) is 11.6 Å². The third-order valence-electron chi connectivity index (χ3n) is 2.99. The maximum Gasteiger partial charge on any atom is 0.265 e. The van der Waals surface area contributed by atoms with Crippen molar-refractivity contribution in [2.24, 2.45) is 5.11 Å². The summed E-state index contributed by atoms with van der Waals surface area (Å²) in [5.74, 6) is 0.404. The Labute approximate surface area is 142 Å². The molecule has 0 fully saturated rings. The molecule has 1 heterocycles. The quantitative estimate of drug-likeness (QED) is 0.626. The second-order valence-corrected chi connectivity index (χ2v) is 5.27. The van der Waals surface area contributed by atoms with E-state index in [9.17, 15) is 8.78 Å². The summed E-state index contributed by atoms with van der Waals surface area (Å²) in [6.45, 7) is 2.08. The molecular formula is C15H15ClF2N6. The first-order valence-electron chi connectivity index (χ1n) is 6.92. The van der Waals surface area contributed by atoms with E-state index in [0.29, 0.717) is 17.3 Å². The van der Waals surface area contributed by atoms with E-state index < -0.39 is 6.43 Å². The van der Waals surface area contributed by atoms with Gasteiger partial charge in [-0.2, -0.15) is 5.11 Å². The van der Waals surface area contributed by atoms with Crippen LogP contribution in [0.3, 0.4) is 0 Å². The molecule has 0 saturated heterocycles. The monoisotopic (exact) mass is 352 g/mol. The van der Waals surface area contributed by atoms with Gasteiger partial charge in [-0.3, -0.25) is 0 Å². The van der Waals surface area contributed by atoms with E-state index in [1.807, 2.05) is 6.92 Å². The van der Waals surface area contributed by atoms with Crippen molar-refractivity contribution >= 4 is 23.2 Å². The van der Waals surface area contributed by atoms with Crippen molar-refractivity contribution in [2.45, 2.75) is 13.3 Å². The Morgan fingerprint density at radius 1 is 1.38 bits per heavy atom. The number of anilines is 2. The molecule has 24 heavy (non-hydrogen) atoms.